The topological polar surface area (TPSA) is 475 Å². The van der Waals surface area contributed by atoms with E-state index in [1.165, 1.54) is 0 Å². The van der Waals surface area contributed by atoms with Crippen LogP contribution in [0.1, 0.15) is 34.2 Å². The monoisotopic (exact) mass is 1260 g/mol. The van der Waals surface area contributed by atoms with Crippen molar-refractivity contribution in [2.24, 2.45) is 0 Å². The van der Waals surface area contributed by atoms with Crippen LogP contribution in [0.25, 0.3) is 0 Å². The van der Waals surface area contributed by atoms with Gasteiger partial charge in [0.25, 0.3) is 0 Å². The van der Waals surface area contributed by atoms with Crippen LogP contribution in [0.4, 0.5) is 0 Å². The molecular formula is C42H44Br2Cl2Co2N8O16. The Balaban J connectivity index is -0.000000435. The van der Waals surface area contributed by atoms with Gasteiger partial charge >= 0.3 is 33.6 Å². The van der Waals surface area contributed by atoms with Crippen molar-refractivity contribution < 1.29 is 133 Å². The van der Waals surface area contributed by atoms with Gasteiger partial charge in [0.05, 0.1) is 43.1 Å². The molecule has 0 aromatic carbocycles. The van der Waals surface area contributed by atoms with Gasteiger partial charge in [0.15, 0.2) is 11.6 Å². The molecule has 6 aromatic heterocycles. The summed E-state index contributed by atoms with van der Waals surface area (Å²) in [4.78, 5) is 52.8. The average Bonchev–Trinajstić information content (AvgIpc) is 3.28. The van der Waals surface area contributed by atoms with E-state index in [4.69, 9.17) is 37.3 Å². The van der Waals surface area contributed by atoms with Crippen molar-refractivity contribution in [3.63, 3.8) is 0 Å². The molecule has 30 heteroatoms. The van der Waals surface area contributed by atoms with Gasteiger partial charge in [-0.25, -0.2) is 37.3 Å². The Morgan fingerprint density at radius 3 is 0.639 bits per heavy atom. The fourth-order valence-corrected chi connectivity index (χ4v) is 5.99. The summed E-state index contributed by atoms with van der Waals surface area (Å²) in [6, 6.07) is 36.0. The van der Waals surface area contributed by atoms with Crippen LogP contribution in [0, 0.1) is 20.5 Å². The largest absolute Gasteiger partial charge is 2.00 e. The zero-order valence-electron chi connectivity index (χ0n) is 36.8. The first-order chi connectivity index (χ1) is 31.3. The molecule has 1 aliphatic rings. The number of hydrogen-bond acceptors (Lipinski definition) is 20. The summed E-state index contributed by atoms with van der Waals surface area (Å²) in [5.74, 6) is -3.98. The van der Waals surface area contributed by atoms with E-state index in [2.05, 4.69) is 71.6 Å². The van der Waals surface area contributed by atoms with E-state index in [9.17, 15) is 19.8 Å². The van der Waals surface area contributed by atoms with Crippen LogP contribution in [0.3, 0.4) is 0 Å². The van der Waals surface area contributed by atoms with Crippen LogP contribution < -0.4 is 47.5 Å². The third kappa shape index (κ3) is 32.4. The van der Waals surface area contributed by atoms with Crippen molar-refractivity contribution in [3.05, 3.63) is 201 Å². The number of carbonyl (C=O) groups excluding carboxylic acids is 2. The van der Waals surface area contributed by atoms with E-state index < -0.39 is 52.5 Å². The van der Waals surface area contributed by atoms with Crippen molar-refractivity contribution in [3.8, 4) is 0 Å². The summed E-state index contributed by atoms with van der Waals surface area (Å²) >= 11 is 5.14. The summed E-state index contributed by atoms with van der Waals surface area (Å²) < 4.78 is 66.9. The van der Waals surface area contributed by atoms with Gasteiger partial charge in [-0.3, -0.25) is 49.3 Å². The number of carbonyl (C=O) groups is 2. The van der Waals surface area contributed by atoms with E-state index >= 15 is 0 Å². The SMILES string of the molecule is O.O.O.O.O=C1C([O-])=C(Br)C(=O)C([O-])=C1Br.[Co+2].[Co+2].[O-][Cl+3]([O-])([O-])[O-].[O-][Cl+3]([O-])([O-])[O-].c1ccc(CN(Cc2ccccn2)Cc2ccccn2)nc1.c1ccc(CN(Cc2ccccn2)Cc2ccccn2)nc1. The minimum absolute atomic E-state index is 0. The molecular weight excluding hydrogens is 1220 g/mol. The maximum Gasteiger partial charge on any atom is 2.00 e. The molecule has 0 spiro atoms. The second-order valence-electron chi connectivity index (χ2n) is 12.9. The number of halogens is 4. The van der Waals surface area contributed by atoms with Crippen molar-refractivity contribution in [1.82, 2.24) is 39.7 Å². The Bertz CT molecular complexity index is 2030. The van der Waals surface area contributed by atoms with Gasteiger partial charge in [-0.1, -0.05) is 36.4 Å². The van der Waals surface area contributed by atoms with Gasteiger partial charge < -0.3 is 32.1 Å². The minimum Gasteiger partial charge on any atom is -0.869 e. The van der Waals surface area contributed by atoms with Crippen molar-refractivity contribution >= 4 is 43.4 Å². The Morgan fingerprint density at radius 1 is 0.361 bits per heavy atom. The van der Waals surface area contributed by atoms with Gasteiger partial charge in [0, 0.05) is 76.4 Å². The van der Waals surface area contributed by atoms with E-state index in [-0.39, 0.29) is 55.5 Å². The molecule has 72 heavy (non-hydrogen) atoms. The van der Waals surface area contributed by atoms with Crippen LogP contribution in [0.15, 0.2) is 167 Å². The van der Waals surface area contributed by atoms with Gasteiger partial charge in [-0.05, 0) is 116 Å². The number of hydrogen-bond donors (Lipinski definition) is 0. The molecule has 0 saturated carbocycles. The quantitative estimate of drug-likeness (QED) is 0.103. The molecule has 0 aliphatic heterocycles. The Morgan fingerprint density at radius 2 is 0.514 bits per heavy atom. The van der Waals surface area contributed by atoms with Gasteiger partial charge in [-0.15, -0.1) is 20.5 Å². The Hall–Kier alpha value is -4.69. The number of nitrogens with zero attached hydrogens (tertiary/aromatic N) is 8. The molecule has 24 nitrogen and oxygen atoms in total. The first-order valence-electron chi connectivity index (χ1n) is 18.6. The van der Waals surface area contributed by atoms with Crippen molar-refractivity contribution in [2.45, 2.75) is 39.3 Å². The Kier molecular flexibility index (Phi) is 39.9. The fraction of sp³-hybridized carbons (Fsp3) is 0.143. The van der Waals surface area contributed by atoms with Crippen LogP contribution in [0.5, 0.6) is 0 Å². The molecule has 0 bridgehead atoms. The third-order valence-electron chi connectivity index (χ3n) is 7.88. The zero-order valence-corrected chi connectivity index (χ0v) is 43.5. The molecule has 8 N–H and O–H groups in total. The van der Waals surface area contributed by atoms with E-state index in [0.29, 0.717) is 0 Å². The molecule has 0 fully saturated rings. The number of ketones is 2. The summed E-state index contributed by atoms with van der Waals surface area (Å²) in [7, 11) is -9.89. The van der Waals surface area contributed by atoms with E-state index in [1.54, 1.807) is 0 Å². The van der Waals surface area contributed by atoms with Crippen LogP contribution in [-0.4, -0.2) is 73.2 Å². The predicted molar refractivity (Wildman–Crippen MR) is 228 cm³/mol. The molecule has 6 aromatic rings. The van der Waals surface area contributed by atoms with Crippen molar-refractivity contribution in [2.75, 3.05) is 0 Å². The molecule has 7 rings (SSSR count). The molecule has 0 saturated heterocycles. The maximum atomic E-state index is 10.8. The predicted octanol–water partition coefficient (Wildman–Crippen LogP) is -7.60. The summed E-state index contributed by atoms with van der Waals surface area (Å²) in [6.45, 7) is 4.63. The number of Topliss-reactive ketones (excluding diaryl/α,β-unsaturated/α-hetero) is 2. The second-order valence-corrected chi connectivity index (χ2v) is 16.0. The summed E-state index contributed by atoms with van der Waals surface area (Å²) in [6.07, 6.45) is 11.0. The molecule has 0 atom stereocenters. The zero-order chi connectivity index (χ0) is 48.5. The number of rotatable bonds is 12. The second kappa shape index (κ2) is 38.9. The third-order valence-corrected chi connectivity index (χ3v) is 9.32. The number of allylic oxidation sites excluding steroid dienone is 2. The Labute approximate surface area is 453 Å². The van der Waals surface area contributed by atoms with Crippen LogP contribution in [0.2, 0.25) is 0 Å². The van der Waals surface area contributed by atoms with Crippen molar-refractivity contribution in [1.29, 1.82) is 0 Å². The van der Waals surface area contributed by atoms with Gasteiger partial charge in [0.1, 0.15) is 0 Å². The number of aromatic nitrogens is 6. The standard InChI is InChI=1S/2C18H18N4.C6H2Br2O4.2ClHO4.2Co.4H2O/c2*1-4-10-19-16(7-1)13-22(14-17-8-2-5-11-20-17)15-18-9-3-6-12-21-18;7-1-3(9)5(11)2(8)6(12)4(1)10;2*2-1(3,4)5;;;;;;/h2*1-12H,13-15H2;9,12H;2*(H,2,3,4,5);;;4*1H2/q;;;;;2*+2;;;;/p-4. The van der Waals surface area contributed by atoms with Crippen LogP contribution in [-0.2, 0) is 82.4 Å². The molecule has 394 valence electrons. The van der Waals surface area contributed by atoms with E-state index in [0.717, 1.165) is 73.4 Å². The minimum atomic E-state index is -4.94. The molecule has 6 heterocycles. The van der Waals surface area contributed by atoms with Crippen LogP contribution >= 0.6 is 31.9 Å². The average molecular weight is 1270 g/mol. The number of pyridine rings is 6. The normalized spacial score (nSPS) is 11.4. The summed E-state index contributed by atoms with van der Waals surface area (Å²) in [5.41, 5.74) is 6.30. The van der Waals surface area contributed by atoms with Gasteiger partial charge in [0.2, 0.25) is 0 Å². The molecule has 2 radical (unpaired) electrons. The smallest absolute Gasteiger partial charge is 0.869 e. The molecule has 1 aliphatic carbocycles. The molecule has 0 unspecified atom stereocenters. The first-order valence-corrected chi connectivity index (χ1v) is 22.6. The van der Waals surface area contributed by atoms with E-state index in [1.807, 2.05) is 146 Å². The maximum absolute atomic E-state index is 10.8. The first kappa shape index (κ1) is 73.8. The molecule has 0 amide bonds. The fourth-order valence-electron chi connectivity index (χ4n) is 5.26. The summed E-state index contributed by atoms with van der Waals surface area (Å²) in [5, 5.41) is 21.7. The van der Waals surface area contributed by atoms with Gasteiger partial charge in [-0.2, -0.15) is 0 Å².